The number of unbranched alkanes of at least 4 members (excludes halogenated alkanes) is 1. The Bertz CT molecular complexity index is 928. The van der Waals surface area contributed by atoms with Gasteiger partial charge in [-0.15, -0.1) is 0 Å². The van der Waals surface area contributed by atoms with Crippen LogP contribution in [0.25, 0.3) is 0 Å². The second-order valence-corrected chi connectivity index (χ2v) is 10.3. The maximum absolute atomic E-state index is 11.9. The summed E-state index contributed by atoms with van der Waals surface area (Å²) in [7, 11) is 1.63. The quantitative estimate of drug-likeness (QED) is 0.0861. The van der Waals surface area contributed by atoms with Crippen LogP contribution >= 0.6 is 0 Å². The first-order valence-electron chi connectivity index (χ1n) is 16.6. The van der Waals surface area contributed by atoms with E-state index in [1.807, 2.05) is 18.2 Å². The van der Waals surface area contributed by atoms with Crippen LogP contribution in [-0.2, 0) is 63.6 Å². The number of carboxylic acid groups (broad SMARTS) is 1. The highest BCUT2D eigenvalue weighted by atomic mass is 16.6. The minimum Gasteiger partial charge on any atom is -0.480 e. The Balaban J connectivity index is 1.80. The van der Waals surface area contributed by atoms with Crippen molar-refractivity contribution in [1.82, 2.24) is 10.6 Å². The standard InChI is InChI=1S/C33H56N2O14/c1-40-11-12-41-13-14-42-15-16-43-17-18-44-19-20-45-21-22-46-23-24-47-25-26-48-28-31(36)34-10-6-5-9-30(32(37)38)35-33(39)49-27-29-7-3-2-4-8-29/h2-4,7-8,30H,5-6,9-28H2,1H3,(H,34,36)(H,35,39)(H,37,38)/t30-/m0/s1. The highest BCUT2D eigenvalue weighted by Crippen LogP contribution is 2.04. The van der Waals surface area contributed by atoms with Crippen molar-refractivity contribution in [2.75, 3.05) is 126 Å². The van der Waals surface area contributed by atoms with Gasteiger partial charge >= 0.3 is 12.1 Å². The summed E-state index contributed by atoms with van der Waals surface area (Å²) in [6, 6.07) is 8.00. The zero-order valence-corrected chi connectivity index (χ0v) is 28.8. The molecule has 0 radical (unpaired) electrons. The molecule has 49 heavy (non-hydrogen) atoms. The van der Waals surface area contributed by atoms with Gasteiger partial charge in [0.1, 0.15) is 19.3 Å². The largest absolute Gasteiger partial charge is 0.480 e. The van der Waals surface area contributed by atoms with Crippen LogP contribution in [0.4, 0.5) is 4.79 Å². The lowest BCUT2D eigenvalue weighted by Crippen LogP contribution is -2.41. The van der Waals surface area contributed by atoms with E-state index in [0.717, 1.165) is 5.56 Å². The van der Waals surface area contributed by atoms with Crippen LogP contribution in [0.1, 0.15) is 24.8 Å². The second kappa shape index (κ2) is 33.6. The fourth-order valence-electron chi connectivity index (χ4n) is 3.76. The molecule has 0 saturated carbocycles. The topological polar surface area (TPSA) is 188 Å². The number of rotatable bonds is 35. The molecule has 0 aliphatic rings. The highest BCUT2D eigenvalue weighted by molar-refractivity contribution is 5.79. The van der Waals surface area contributed by atoms with E-state index < -0.39 is 18.1 Å². The Hall–Kier alpha value is -2.93. The van der Waals surface area contributed by atoms with Crippen molar-refractivity contribution >= 4 is 18.0 Å². The van der Waals surface area contributed by atoms with E-state index in [1.54, 1.807) is 19.2 Å². The van der Waals surface area contributed by atoms with Gasteiger partial charge in [0.05, 0.1) is 106 Å². The molecule has 0 bridgehead atoms. The lowest BCUT2D eigenvalue weighted by atomic mass is 10.1. The average Bonchev–Trinajstić information content (AvgIpc) is 3.10. The zero-order valence-electron chi connectivity index (χ0n) is 28.8. The van der Waals surface area contributed by atoms with Gasteiger partial charge in [0.25, 0.3) is 0 Å². The maximum Gasteiger partial charge on any atom is 0.408 e. The summed E-state index contributed by atoms with van der Waals surface area (Å²) in [5, 5.41) is 14.4. The molecule has 0 aliphatic heterocycles. The molecule has 1 atom stereocenters. The number of carboxylic acids is 1. The van der Waals surface area contributed by atoms with Crippen molar-refractivity contribution in [3.8, 4) is 0 Å². The van der Waals surface area contributed by atoms with Crippen LogP contribution in [0.5, 0.6) is 0 Å². The number of hydrogen-bond acceptors (Lipinski definition) is 13. The number of aliphatic carboxylic acids is 1. The molecule has 282 valence electrons. The summed E-state index contributed by atoms with van der Waals surface area (Å²) in [6.45, 7) is 7.70. The monoisotopic (exact) mass is 704 g/mol. The van der Waals surface area contributed by atoms with Gasteiger partial charge in [-0.1, -0.05) is 30.3 Å². The summed E-state index contributed by atoms with van der Waals surface area (Å²) in [5.41, 5.74) is 0.798. The Labute approximate surface area is 289 Å². The summed E-state index contributed by atoms with van der Waals surface area (Å²) < 4.78 is 53.1. The van der Waals surface area contributed by atoms with Gasteiger partial charge in [0.15, 0.2) is 0 Å². The Morgan fingerprint density at radius 2 is 1.08 bits per heavy atom. The smallest absolute Gasteiger partial charge is 0.408 e. The fraction of sp³-hybridized carbons (Fsp3) is 0.727. The van der Waals surface area contributed by atoms with E-state index in [0.29, 0.717) is 118 Å². The summed E-state index contributed by atoms with van der Waals surface area (Å²) >= 11 is 0. The average molecular weight is 705 g/mol. The van der Waals surface area contributed by atoms with Gasteiger partial charge in [-0.05, 0) is 24.8 Å². The number of hydrogen-bond donors (Lipinski definition) is 3. The molecular formula is C33H56N2O14. The van der Waals surface area contributed by atoms with Crippen LogP contribution in [-0.4, -0.2) is 155 Å². The van der Waals surface area contributed by atoms with Crippen molar-refractivity contribution in [2.24, 2.45) is 0 Å². The third-order valence-corrected chi connectivity index (χ3v) is 6.31. The van der Waals surface area contributed by atoms with Crippen molar-refractivity contribution < 1.29 is 66.9 Å². The number of nitrogens with one attached hydrogen (secondary N) is 2. The van der Waals surface area contributed by atoms with Gasteiger partial charge in [-0.25, -0.2) is 9.59 Å². The van der Waals surface area contributed by atoms with Crippen molar-refractivity contribution in [2.45, 2.75) is 31.9 Å². The Morgan fingerprint density at radius 1 is 0.633 bits per heavy atom. The number of benzene rings is 1. The summed E-state index contributed by atoms with van der Waals surface area (Å²) in [5.74, 6) is -1.43. The van der Waals surface area contributed by atoms with Crippen LogP contribution in [0.15, 0.2) is 30.3 Å². The molecule has 16 nitrogen and oxygen atoms in total. The van der Waals surface area contributed by atoms with E-state index >= 15 is 0 Å². The van der Waals surface area contributed by atoms with Gasteiger partial charge < -0.3 is 63.1 Å². The molecule has 1 aromatic carbocycles. The van der Waals surface area contributed by atoms with Gasteiger partial charge in [0, 0.05) is 13.7 Å². The van der Waals surface area contributed by atoms with E-state index in [9.17, 15) is 19.5 Å². The Morgan fingerprint density at radius 3 is 1.53 bits per heavy atom. The molecule has 16 heteroatoms. The van der Waals surface area contributed by atoms with Crippen molar-refractivity contribution in [3.05, 3.63) is 35.9 Å². The first kappa shape index (κ1) is 44.1. The van der Waals surface area contributed by atoms with E-state index in [1.165, 1.54) is 0 Å². The van der Waals surface area contributed by atoms with Crippen LogP contribution in [0, 0.1) is 0 Å². The zero-order chi connectivity index (χ0) is 35.5. The molecule has 0 spiro atoms. The number of carbonyl (C=O) groups excluding carboxylic acids is 2. The van der Waals surface area contributed by atoms with Crippen LogP contribution < -0.4 is 10.6 Å². The summed E-state index contributed by atoms with van der Waals surface area (Å²) in [4.78, 5) is 35.3. The number of methoxy groups -OCH3 is 1. The molecule has 2 amide bonds. The third-order valence-electron chi connectivity index (χ3n) is 6.31. The molecule has 0 unspecified atom stereocenters. The molecular weight excluding hydrogens is 648 g/mol. The van der Waals surface area contributed by atoms with Gasteiger partial charge in [-0.3, -0.25) is 4.79 Å². The number of alkyl carbamates (subject to hydrolysis) is 1. The molecule has 1 aromatic rings. The lowest BCUT2D eigenvalue weighted by Gasteiger charge is -2.14. The van der Waals surface area contributed by atoms with E-state index in [2.05, 4.69) is 10.6 Å². The molecule has 0 fully saturated rings. The third kappa shape index (κ3) is 29.7. The van der Waals surface area contributed by atoms with Gasteiger partial charge in [-0.2, -0.15) is 0 Å². The molecule has 0 heterocycles. The van der Waals surface area contributed by atoms with Crippen molar-refractivity contribution in [1.29, 1.82) is 0 Å². The lowest BCUT2D eigenvalue weighted by molar-refractivity contribution is -0.139. The molecule has 0 saturated heterocycles. The molecule has 0 aromatic heterocycles. The Kier molecular flexibility index (Phi) is 30.2. The van der Waals surface area contributed by atoms with Crippen molar-refractivity contribution in [3.63, 3.8) is 0 Å². The van der Waals surface area contributed by atoms with E-state index in [-0.39, 0.29) is 32.1 Å². The minimum atomic E-state index is -1.15. The molecule has 1 rings (SSSR count). The highest BCUT2D eigenvalue weighted by Gasteiger charge is 2.20. The second-order valence-electron chi connectivity index (χ2n) is 10.3. The van der Waals surface area contributed by atoms with Crippen LogP contribution in [0.3, 0.4) is 0 Å². The molecule has 0 aliphatic carbocycles. The number of amides is 2. The first-order valence-corrected chi connectivity index (χ1v) is 16.6. The predicted octanol–water partition coefficient (Wildman–Crippen LogP) is 1.43. The normalized spacial score (nSPS) is 11.7. The fourth-order valence-corrected chi connectivity index (χ4v) is 3.76. The maximum atomic E-state index is 11.9. The van der Waals surface area contributed by atoms with E-state index in [4.69, 9.17) is 47.4 Å². The van der Waals surface area contributed by atoms with Gasteiger partial charge in [0.2, 0.25) is 5.91 Å². The predicted molar refractivity (Wildman–Crippen MR) is 176 cm³/mol. The summed E-state index contributed by atoms with van der Waals surface area (Å²) in [6.07, 6.45) is 0.427. The SMILES string of the molecule is COCCOCCOCCOCCOCCOCCOCCOCCOCC(=O)NCCCC[C@H](NC(=O)OCc1ccccc1)C(=O)O. The molecule has 3 N–H and O–H groups in total. The van der Waals surface area contributed by atoms with Crippen LogP contribution in [0.2, 0.25) is 0 Å². The first-order chi connectivity index (χ1) is 24.0. The number of carbonyl (C=O) groups is 3. The number of ether oxygens (including phenoxy) is 10. The minimum absolute atomic E-state index is 0.0476.